The lowest BCUT2D eigenvalue weighted by atomic mass is 10.2. The minimum absolute atomic E-state index is 0.285. The molecule has 0 aliphatic heterocycles. The Bertz CT molecular complexity index is 314. The third kappa shape index (κ3) is 2.23. The van der Waals surface area contributed by atoms with Crippen LogP contribution in [0.4, 0.5) is 14.9 Å². The van der Waals surface area contributed by atoms with Gasteiger partial charge in [0.25, 0.3) is 5.24 Å². The summed E-state index contributed by atoms with van der Waals surface area (Å²) in [5.41, 5.74) is 1.04. The fourth-order valence-corrected chi connectivity index (χ4v) is 0.975. The summed E-state index contributed by atoms with van der Waals surface area (Å²) in [5, 5.41) is 1.97. The molecule has 1 rings (SSSR count). The van der Waals surface area contributed by atoms with Crippen molar-refractivity contribution in [2.24, 2.45) is 0 Å². The third-order valence-corrected chi connectivity index (χ3v) is 1.52. The molecule has 1 aromatic carbocycles. The monoisotopic (exact) mass is 185 g/mol. The molecule has 64 valence electrons. The van der Waals surface area contributed by atoms with Gasteiger partial charge in [0, 0.05) is 5.69 Å². The number of aryl methyl sites for hydroxylation is 1. The van der Waals surface area contributed by atoms with Gasteiger partial charge in [0.05, 0.1) is 0 Å². The highest BCUT2D eigenvalue weighted by atomic mass is 32.1. The Morgan fingerprint density at radius 2 is 2.25 bits per heavy atom. The summed E-state index contributed by atoms with van der Waals surface area (Å²) in [6.07, 6.45) is 0. The molecular weight excluding hydrogens is 177 g/mol. The molecule has 0 spiro atoms. The molecule has 0 saturated heterocycles. The molecule has 0 aliphatic rings. The molecule has 2 nitrogen and oxygen atoms in total. The van der Waals surface area contributed by atoms with Crippen LogP contribution in [0.1, 0.15) is 5.56 Å². The number of hydrogen-bond donors (Lipinski definition) is 2. The van der Waals surface area contributed by atoms with Gasteiger partial charge < -0.3 is 5.32 Å². The number of halogens is 1. The van der Waals surface area contributed by atoms with Crippen molar-refractivity contribution in [3.8, 4) is 0 Å². The van der Waals surface area contributed by atoms with Gasteiger partial charge in [-0.15, -0.1) is 0 Å². The predicted octanol–water partition coefficient (Wildman–Crippen LogP) is 2.60. The minimum Gasteiger partial charge on any atom is -0.317 e. The molecule has 0 unspecified atom stereocenters. The number of thiol groups is 1. The first-order chi connectivity index (χ1) is 5.59. The maximum absolute atomic E-state index is 12.7. The average Bonchev–Trinajstić information content (AvgIpc) is 1.96. The van der Waals surface area contributed by atoms with Crippen molar-refractivity contribution in [2.45, 2.75) is 6.92 Å². The zero-order chi connectivity index (χ0) is 9.14. The van der Waals surface area contributed by atoms with Gasteiger partial charge in [-0.05, 0) is 30.7 Å². The standard InChI is InChI=1S/C8H8FNOS/c1-5-4-6(10-8(11)12)2-3-7(5)9/h2-4H,1H3,(H2,10,11,12). The van der Waals surface area contributed by atoms with Crippen LogP contribution in [0.5, 0.6) is 0 Å². The Hall–Kier alpha value is -1.03. The van der Waals surface area contributed by atoms with E-state index in [2.05, 4.69) is 17.9 Å². The van der Waals surface area contributed by atoms with Gasteiger partial charge in [0.1, 0.15) is 5.82 Å². The normalized spacial score (nSPS) is 9.58. The van der Waals surface area contributed by atoms with E-state index in [1.54, 1.807) is 13.0 Å². The summed E-state index contributed by atoms with van der Waals surface area (Å²) in [7, 11) is 0. The van der Waals surface area contributed by atoms with Crippen LogP contribution in [0, 0.1) is 12.7 Å². The van der Waals surface area contributed by atoms with E-state index in [0.717, 1.165) is 0 Å². The van der Waals surface area contributed by atoms with Gasteiger partial charge in [-0.1, -0.05) is 12.6 Å². The second-order valence-corrected chi connectivity index (χ2v) is 2.80. The smallest absolute Gasteiger partial charge is 0.280 e. The van der Waals surface area contributed by atoms with Gasteiger partial charge in [0.2, 0.25) is 0 Å². The molecule has 0 fully saturated rings. The number of carbonyl (C=O) groups excluding carboxylic acids is 1. The fraction of sp³-hybridized carbons (Fsp3) is 0.125. The van der Waals surface area contributed by atoms with E-state index < -0.39 is 5.24 Å². The largest absolute Gasteiger partial charge is 0.317 e. The van der Waals surface area contributed by atoms with Crippen molar-refractivity contribution in [2.75, 3.05) is 5.32 Å². The molecule has 0 bridgehead atoms. The van der Waals surface area contributed by atoms with E-state index in [9.17, 15) is 9.18 Å². The summed E-state index contributed by atoms with van der Waals surface area (Å²) < 4.78 is 12.7. The highest BCUT2D eigenvalue weighted by molar-refractivity contribution is 7.96. The van der Waals surface area contributed by atoms with E-state index in [1.165, 1.54) is 12.1 Å². The third-order valence-electron chi connectivity index (χ3n) is 1.41. The lowest BCUT2D eigenvalue weighted by Gasteiger charge is -2.02. The van der Waals surface area contributed by atoms with Crippen molar-refractivity contribution in [1.82, 2.24) is 0 Å². The first-order valence-electron chi connectivity index (χ1n) is 3.35. The molecule has 0 heterocycles. The summed E-state index contributed by atoms with van der Waals surface area (Å²) in [4.78, 5) is 10.5. The molecule has 1 N–H and O–H groups in total. The second kappa shape index (κ2) is 3.58. The number of amides is 1. The fourth-order valence-electron chi connectivity index (χ4n) is 0.846. The van der Waals surface area contributed by atoms with Gasteiger partial charge >= 0.3 is 0 Å². The molecule has 1 amide bonds. The number of benzene rings is 1. The summed E-state index contributed by atoms with van der Waals surface area (Å²) in [5.74, 6) is -0.285. The number of rotatable bonds is 1. The SMILES string of the molecule is Cc1cc(NC(=O)S)ccc1F. The Morgan fingerprint density at radius 1 is 1.58 bits per heavy atom. The van der Waals surface area contributed by atoms with Crippen LogP contribution in [-0.4, -0.2) is 5.24 Å². The first-order valence-corrected chi connectivity index (χ1v) is 3.80. The van der Waals surface area contributed by atoms with Crippen LogP contribution in [0.3, 0.4) is 0 Å². The zero-order valence-corrected chi connectivity index (χ0v) is 7.36. The second-order valence-electron chi connectivity index (χ2n) is 2.39. The van der Waals surface area contributed by atoms with Crippen molar-refractivity contribution in [1.29, 1.82) is 0 Å². The maximum Gasteiger partial charge on any atom is 0.280 e. The van der Waals surface area contributed by atoms with Crippen LogP contribution >= 0.6 is 12.6 Å². The molecule has 0 aromatic heterocycles. The van der Waals surface area contributed by atoms with Crippen molar-refractivity contribution >= 4 is 23.6 Å². The lowest BCUT2D eigenvalue weighted by Crippen LogP contribution is -2.01. The molecule has 0 radical (unpaired) electrons. The molecule has 0 saturated carbocycles. The van der Waals surface area contributed by atoms with Crippen LogP contribution in [0.2, 0.25) is 0 Å². The van der Waals surface area contributed by atoms with E-state index in [-0.39, 0.29) is 5.82 Å². The number of carbonyl (C=O) groups is 1. The predicted molar refractivity (Wildman–Crippen MR) is 49.1 cm³/mol. The Morgan fingerprint density at radius 3 is 2.75 bits per heavy atom. The highest BCUT2D eigenvalue weighted by Crippen LogP contribution is 2.13. The van der Waals surface area contributed by atoms with Gasteiger partial charge in [-0.25, -0.2) is 4.39 Å². The Labute approximate surface area is 75.2 Å². The number of nitrogens with one attached hydrogen (secondary N) is 1. The zero-order valence-electron chi connectivity index (χ0n) is 6.47. The number of anilines is 1. The maximum atomic E-state index is 12.7. The van der Waals surface area contributed by atoms with Gasteiger partial charge in [-0.2, -0.15) is 0 Å². The van der Waals surface area contributed by atoms with E-state index >= 15 is 0 Å². The Balaban J connectivity index is 2.89. The average molecular weight is 185 g/mol. The van der Waals surface area contributed by atoms with E-state index in [0.29, 0.717) is 11.3 Å². The van der Waals surface area contributed by atoms with E-state index in [1.807, 2.05) is 0 Å². The lowest BCUT2D eigenvalue weighted by molar-refractivity contribution is 0.270. The molecule has 0 atom stereocenters. The highest BCUT2D eigenvalue weighted by Gasteiger charge is 1.99. The molecule has 1 aromatic rings. The quantitative estimate of drug-likeness (QED) is 0.647. The summed E-state index contributed by atoms with van der Waals surface area (Å²) in [6.45, 7) is 1.63. The van der Waals surface area contributed by atoms with Crippen LogP contribution < -0.4 is 5.32 Å². The van der Waals surface area contributed by atoms with Crippen LogP contribution in [0.25, 0.3) is 0 Å². The summed E-state index contributed by atoms with van der Waals surface area (Å²) >= 11 is 3.53. The molecule has 4 heteroatoms. The Kier molecular flexibility index (Phi) is 2.70. The van der Waals surface area contributed by atoms with Crippen LogP contribution in [0.15, 0.2) is 18.2 Å². The summed E-state index contributed by atoms with van der Waals surface area (Å²) in [6, 6.07) is 4.33. The van der Waals surface area contributed by atoms with Crippen molar-refractivity contribution in [3.63, 3.8) is 0 Å². The number of hydrogen-bond acceptors (Lipinski definition) is 1. The van der Waals surface area contributed by atoms with Crippen molar-refractivity contribution < 1.29 is 9.18 Å². The van der Waals surface area contributed by atoms with Gasteiger partial charge in [0.15, 0.2) is 0 Å². The van der Waals surface area contributed by atoms with Gasteiger partial charge in [-0.3, -0.25) is 4.79 Å². The van der Waals surface area contributed by atoms with E-state index in [4.69, 9.17) is 0 Å². The molecule has 0 aliphatic carbocycles. The van der Waals surface area contributed by atoms with Crippen LogP contribution in [-0.2, 0) is 0 Å². The minimum atomic E-state index is -0.457. The van der Waals surface area contributed by atoms with Crippen molar-refractivity contribution in [3.05, 3.63) is 29.6 Å². The molecule has 12 heavy (non-hydrogen) atoms. The molecular formula is C8H8FNOS. The topological polar surface area (TPSA) is 29.1 Å². The first kappa shape index (κ1) is 9.06.